The number of nitrogens with zero attached hydrogens (tertiary/aromatic N) is 1. The van der Waals surface area contributed by atoms with Gasteiger partial charge in [-0.3, -0.25) is 9.19 Å². The smallest absolute Gasteiger partial charge is 0.0931 e. The quantitative estimate of drug-likeness (QED) is 0.528. The van der Waals surface area contributed by atoms with Crippen LogP contribution in [0.2, 0.25) is 0 Å². The fourth-order valence-electron chi connectivity index (χ4n) is 3.70. The second kappa shape index (κ2) is 9.86. The monoisotopic (exact) mass is 418 g/mol. The maximum Gasteiger partial charge on any atom is 0.0931 e. The summed E-state index contributed by atoms with van der Waals surface area (Å²) in [5, 5.41) is 0. The average molecular weight is 419 g/mol. The molecule has 0 amide bonds. The van der Waals surface area contributed by atoms with Gasteiger partial charge in [0.05, 0.1) is 11.4 Å². The number of nitrogens with two attached hydrogens (primary N) is 1. The molecule has 1 heterocycles. The molecule has 1 unspecified atom stereocenters. The van der Waals surface area contributed by atoms with E-state index in [4.69, 9.17) is 5.73 Å². The first-order valence-corrected chi connectivity index (χ1v) is 11.9. The van der Waals surface area contributed by atoms with Crippen LogP contribution in [0.5, 0.6) is 0 Å². The molecule has 0 saturated heterocycles. The Morgan fingerprint density at radius 1 is 1.00 bits per heavy atom. The van der Waals surface area contributed by atoms with Gasteiger partial charge in [-0.2, -0.15) is 0 Å². The van der Waals surface area contributed by atoms with Crippen molar-refractivity contribution < 1.29 is 4.21 Å². The second-order valence-corrected chi connectivity index (χ2v) is 9.15. The molecule has 30 heavy (non-hydrogen) atoms. The minimum atomic E-state index is -0.945. The molecule has 0 radical (unpaired) electrons. The van der Waals surface area contributed by atoms with E-state index in [9.17, 15) is 4.21 Å². The minimum absolute atomic E-state index is 0.489. The Balaban J connectivity index is 1.92. The largest absolute Gasteiger partial charge is 0.397 e. The maximum atomic E-state index is 11.6. The molecule has 0 fully saturated rings. The average Bonchev–Trinajstić information content (AvgIpc) is 2.72. The fourth-order valence-corrected chi connectivity index (χ4v) is 4.22. The SMILES string of the molecule is C=C(N)c1ncc(CCc2ccc(S(C)=O)cc2)cc1-c1ccc(C)cc1CCC. The fraction of sp³-hybridized carbons (Fsp3) is 0.269. The first kappa shape index (κ1) is 22.0. The van der Waals surface area contributed by atoms with Gasteiger partial charge in [-0.1, -0.05) is 55.8 Å². The van der Waals surface area contributed by atoms with Crippen LogP contribution in [0.4, 0.5) is 0 Å². The van der Waals surface area contributed by atoms with Gasteiger partial charge in [0.1, 0.15) is 0 Å². The zero-order valence-electron chi connectivity index (χ0n) is 18.1. The Bertz CT molecular complexity index is 1070. The molecule has 2 aromatic carbocycles. The molecule has 0 bridgehead atoms. The predicted octanol–water partition coefficient (Wildman–Crippen LogP) is 5.46. The molecular formula is C26H30N2OS. The van der Waals surface area contributed by atoms with Gasteiger partial charge in [-0.15, -0.1) is 0 Å². The number of aromatic nitrogens is 1. The highest BCUT2D eigenvalue weighted by molar-refractivity contribution is 7.84. The van der Waals surface area contributed by atoms with Crippen LogP contribution in [0.15, 0.2) is 66.2 Å². The standard InChI is InChI=1S/C26H30N2OS/c1-5-6-22-15-18(2)7-14-24(22)25-16-21(17-28-26(25)19(3)27)9-8-20-10-12-23(13-11-20)30(4)29/h7,10-17H,3,5-6,8-9,27H2,1-2,4H3. The Labute approximate surface area is 182 Å². The molecule has 156 valence electrons. The molecule has 3 aromatic rings. The number of aryl methyl sites for hydroxylation is 4. The number of benzene rings is 2. The lowest BCUT2D eigenvalue weighted by Crippen LogP contribution is -2.04. The maximum absolute atomic E-state index is 11.6. The summed E-state index contributed by atoms with van der Waals surface area (Å²) in [5.41, 5.74) is 14.5. The summed E-state index contributed by atoms with van der Waals surface area (Å²) in [6.45, 7) is 8.26. The van der Waals surface area contributed by atoms with Gasteiger partial charge >= 0.3 is 0 Å². The number of rotatable bonds is 8. The third-order valence-corrected chi connectivity index (χ3v) is 6.21. The molecule has 2 N–H and O–H groups in total. The van der Waals surface area contributed by atoms with Gasteiger partial charge in [0.2, 0.25) is 0 Å². The van der Waals surface area contributed by atoms with Crippen molar-refractivity contribution >= 4 is 16.5 Å². The van der Waals surface area contributed by atoms with Crippen molar-refractivity contribution in [3.8, 4) is 11.1 Å². The summed E-state index contributed by atoms with van der Waals surface area (Å²) in [6.07, 6.45) is 7.48. The highest BCUT2D eigenvalue weighted by Gasteiger charge is 2.13. The van der Waals surface area contributed by atoms with Gasteiger partial charge in [0.25, 0.3) is 0 Å². The van der Waals surface area contributed by atoms with E-state index in [1.807, 2.05) is 18.3 Å². The van der Waals surface area contributed by atoms with E-state index in [1.54, 1.807) is 6.26 Å². The van der Waals surface area contributed by atoms with Crippen molar-refractivity contribution in [1.82, 2.24) is 4.98 Å². The molecule has 0 aliphatic rings. The van der Waals surface area contributed by atoms with E-state index in [0.29, 0.717) is 5.70 Å². The first-order valence-electron chi connectivity index (χ1n) is 10.3. The Morgan fingerprint density at radius 3 is 2.33 bits per heavy atom. The lowest BCUT2D eigenvalue weighted by Gasteiger charge is -2.15. The van der Waals surface area contributed by atoms with E-state index >= 15 is 0 Å². The topological polar surface area (TPSA) is 56.0 Å². The molecule has 1 atom stereocenters. The van der Waals surface area contributed by atoms with Crippen molar-refractivity contribution in [2.45, 2.75) is 44.4 Å². The van der Waals surface area contributed by atoms with E-state index in [-0.39, 0.29) is 0 Å². The molecule has 1 aromatic heterocycles. The zero-order valence-corrected chi connectivity index (χ0v) is 18.9. The molecule has 0 saturated carbocycles. The van der Waals surface area contributed by atoms with Crippen LogP contribution < -0.4 is 5.73 Å². The van der Waals surface area contributed by atoms with Crippen molar-refractivity contribution in [2.75, 3.05) is 6.26 Å². The van der Waals surface area contributed by atoms with Crippen LogP contribution in [0.25, 0.3) is 16.8 Å². The van der Waals surface area contributed by atoms with Gasteiger partial charge in [0, 0.05) is 33.7 Å². The predicted molar refractivity (Wildman–Crippen MR) is 128 cm³/mol. The van der Waals surface area contributed by atoms with E-state index in [1.165, 1.54) is 27.8 Å². The van der Waals surface area contributed by atoms with Gasteiger partial charge < -0.3 is 5.73 Å². The van der Waals surface area contributed by atoms with Crippen LogP contribution in [-0.2, 0) is 30.1 Å². The van der Waals surface area contributed by atoms with Crippen LogP contribution in [0.3, 0.4) is 0 Å². The number of hydrogen-bond donors (Lipinski definition) is 1. The summed E-state index contributed by atoms with van der Waals surface area (Å²) in [4.78, 5) is 5.52. The molecule has 0 aliphatic heterocycles. The molecule has 0 aliphatic carbocycles. The van der Waals surface area contributed by atoms with Crippen molar-refractivity contribution in [3.63, 3.8) is 0 Å². The highest BCUT2D eigenvalue weighted by atomic mass is 32.2. The molecule has 0 spiro atoms. The van der Waals surface area contributed by atoms with Gasteiger partial charge in [-0.05, 0) is 66.6 Å². The molecular weight excluding hydrogens is 388 g/mol. The van der Waals surface area contributed by atoms with Gasteiger partial charge in [-0.25, -0.2) is 0 Å². The van der Waals surface area contributed by atoms with Crippen LogP contribution >= 0.6 is 0 Å². The van der Waals surface area contributed by atoms with E-state index in [2.05, 4.69) is 61.8 Å². The second-order valence-electron chi connectivity index (χ2n) is 7.77. The van der Waals surface area contributed by atoms with Crippen molar-refractivity contribution in [2.24, 2.45) is 5.73 Å². The van der Waals surface area contributed by atoms with E-state index < -0.39 is 10.8 Å². The molecule has 4 heteroatoms. The van der Waals surface area contributed by atoms with Crippen LogP contribution in [0, 0.1) is 6.92 Å². The van der Waals surface area contributed by atoms with Crippen LogP contribution in [0.1, 0.15) is 41.3 Å². The van der Waals surface area contributed by atoms with E-state index in [0.717, 1.165) is 41.8 Å². The minimum Gasteiger partial charge on any atom is -0.397 e. The summed E-state index contributed by atoms with van der Waals surface area (Å²) < 4.78 is 11.6. The Hall–Kier alpha value is -2.72. The zero-order chi connectivity index (χ0) is 21.7. The first-order chi connectivity index (χ1) is 14.4. The summed E-state index contributed by atoms with van der Waals surface area (Å²) >= 11 is 0. The normalized spacial score (nSPS) is 12.0. The lowest BCUT2D eigenvalue weighted by atomic mass is 9.92. The summed E-state index contributed by atoms with van der Waals surface area (Å²) in [6, 6.07) is 16.8. The Morgan fingerprint density at radius 2 is 1.70 bits per heavy atom. The number of hydrogen-bond acceptors (Lipinski definition) is 3. The summed E-state index contributed by atoms with van der Waals surface area (Å²) in [7, 11) is -0.945. The molecule has 3 nitrogen and oxygen atoms in total. The van der Waals surface area contributed by atoms with Gasteiger partial charge in [0.15, 0.2) is 0 Å². The Kier molecular flexibility index (Phi) is 7.22. The lowest BCUT2D eigenvalue weighted by molar-refractivity contribution is 0.687. The highest BCUT2D eigenvalue weighted by Crippen LogP contribution is 2.31. The summed E-state index contributed by atoms with van der Waals surface area (Å²) in [5.74, 6) is 0. The third-order valence-electron chi connectivity index (χ3n) is 5.28. The third kappa shape index (κ3) is 5.25. The number of pyridine rings is 1. The van der Waals surface area contributed by atoms with Crippen LogP contribution in [-0.4, -0.2) is 15.4 Å². The van der Waals surface area contributed by atoms with Crippen molar-refractivity contribution in [3.05, 3.63) is 89.3 Å². The van der Waals surface area contributed by atoms with Crippen molar-refractivity contribution in [1.29, 1.82) is 0 Å². The molecule has 3 rings (SSSR count).